The highest BCUT2D eigenvalue weighted by molar-refractivity contribution is 5.08. The lowest BCUT2D eigenvalue weighted by Crippen LogP contribution is -2.21. The highest BCUT2D eigenvalue weighted by Gasteiger charge is 2.17. The zero-order chi connectivity index (χ0) is 13.4. The molecule has 0 spiro atoms. The van der Waals surface area contributed by atoms with Gasteiger partial charge in [0.1, 0.15) is 0 Å². The Kier molecular flexibility index (Phi) is 6.98. The minimum atomic E-state index is 0.409. The van der Waals surface area contributed by atoms with E-state index in [0.29, 0.717) is 18.4 Å². The van der Waals surface area contributed by atoms with Gasteiger partial charge in [-0.2, -0.15) is 0 Å². The first-order valence-corrected chi connectivity index (χ1v) is 6.89. The number of hydrogen-bond acceptors (Lipinski definition) is 3. The van der Waals surface area contributed by atoms with Crippen LogP contribution < -0.4 is 5.73 Å². The minimum Gasteiger partial charge on any atom is -0.385 e. The molecular formula is C14H27N3O. The lowest BCUT2D eigenvalue weighted by atomic mass is 9.93. The van der Waals surface area contributed by atoms with Crippen molar-refractivity contribution >= 4 is 0 Å². The molecule has 0 saturated heterocycles. The van der Waals surface area contributed by atoms with Gasteiger partial charge in [0.25, 0.3) is 0 Å². The maximum atomic E-state index is 5.87. The average Bonchev–Trinajstić information content (AvgIpc) is 2.78. The largest absolute Gasteiger partial charge is 0.385 e. The Bertz CT molecular complexity index is 323. The van der Waals surface area contributed by atoms with E-state index in [1.54, 1.807) is 7.11 Å². The summed E-state index contributed by atoms with van der Waals surface area (Å²) in [7, 11) is 1.75. The van der Waals surface area contributed by atoms with Gasteiger partial charge in [0.2, 0.25) is 0 Å². The van der Waals surface area contributed by atoms with Gasteiger partial charge in [-0.1, -0.05) is 13.8 Å². The van der Waals surface area contributed by atoms with Gasteiger partial charge in [-0.25, -0.2) is 4.98 Å². The fraction of sp³-hybridized carbons (Fsp3) is 0.786. The molecule has 0 aliphatic heterocycles. The number of aryl methyl sites for hydroxylation is 1. The third-order valence-electron chi connectivity index (χ3n) is 3.43. The molecule has 1 heterocycles. The van der Waals surface area contributed by atoms with E-state index in [0.717, 1.165) is 19.6 Å². The Labute approximate surface area is 111 Å². The second-order valence-electron chi connectivity index (χ2n) is 5.15. The van der Waals surface area contributed by atoms with Gasteiger partial charge >= 0.3 is 0 Å². The second-order valence-corrected chi connectivity index (χ2v) is 5.15. The molecule has 4 heteroatoms. The van der Waals surface area contributed by atoms with E-state index in [4.69, 9.17) is 10.5 Å². The van der Waals surface area contributed by atoms with Gasteiger partial charge in [-0.3, -0.25) is 0 Å². The maximum Gasteiger partial charge on any atom is 0.0948 e. The van der Waals surface area contributed by atoms with Gasteiger partial charge in [0.15, 0.2) is 0 Å². The van der Waals surface area contributed by atoms with E-state index in [1.807, 2.05) is 12.5 Å². The number of hydrogen-bond donors (Lipinski definition) is 1. The first-order chi connectivity index (χ1) is 8.70. The van der Waals surface area contributed by atoms with E-state index < -0.39 is 0 Å². The zero-order valence-electron chi connectivity index (χ0n) is 11.9. The van der Waals surface area contributed by atoms with Crippen LogP contribution in [0.4, 0.5) is 0 Å². The zero-order valence-corrected chi connectivity index (χ0v) is 11.9. The summed E-state index contributed by atoms with van der Waals surface area (Å²) in [5.74, 6) is 0.963. The number of ether oxygens (including phenoxy) is 1. The van der Waals surface area contributed by atoms with Crippen LogP contribution in [0.1, 0.15) is 44.7 Å². The van der Waals surface area contributed by atoms with Crippen LogP contribution in [0.25, 0.3) is 0 Å². The van der Waals surface area contributed by atoms with E-state index in [-0.39, 0.29) is 0 Å². The third kappa shape index (κ3) is 4.42. The van der Waals surface area contributed by atoms with Crippen molar-refractivity contribution in [3.05, 3.63) is 18.2 Å². The number of aromatic nitrogens is 2. The molecule has 2 N–H and O–H groups in total. The van der Waals surface area contributed by atoms with Crippen molar-refractivity contribution < 1.29 is 4.74 Å². The number of imidazole rings is 1. The van der Waals surface area contributed by atoms with Crippen molar-refractivity contribution in [3.63, 3.8) is 0 Å². The molecule has 0 bridgehead atoms. The van der Waals surface area contributed by atoms with Crippen LogP contribution >= 0.6 is 0 Å². The molecule has 0 aliphatic carbocycles. The summed E-state index contributed by atoms with van der Waals surface area (Å²) < 4.78 is 7.31. The Hall–Kier alpha value is -0.870. The molecule has 0 radical (unpaired) electrons. The Morgan fingerprint density at radius 3 is 2.72 bits per heavy atom. The molecule has 0 aromatic carbocycles. The van der Waals surface area contributed by atoms with Crippen molar-refractivity contribution in [1.82, 2.24) is 9.55 Å². The molecule has 104 valence electrons. The smallest absolute Gasteiger partial charge is 0.0948 e. The van der Waals surface area contributed by atoms with E-state index in [1.165, 1.54) is 18.5 Å². The van der Waals surface area contributed by atoms with Gasteiger partial charge < -0.3 is 15.0 Å². The highest BCUT2D eigenvalue weighted by Crippen LogP contribution is 2.23. The van der Waals surface area contributed by atoms with E-state index in [9.17, 15) is 0 Å². The fourth-order valence-electron chi connectivity index (χ4n) is 2.27. The van der Waals surface area contributed by atoms with Crippen LogP contribution in [0.3, 0.4) is 0 Å². The summed E-state index contributed by atoms with van der Waals surface area (Å²) in [5, 5.41) is 0. The quantitative estimate of drug-likeness (QED) is 0.688. The maximum absolute atomic E-state index is 5.87. The predicted molar refractivity (Wildman–Crippen MR) is 74.6 cm³/mol. The van der Waals surface area contributed by atoms with Crippen molar-refractivity contribution in [1.29, 1.82) is 0 Å². The van der Waals surface area contributed by atoms with Gasteiger partial charge in [-0.05, 0) is 25.2 Å². The molecule has 1 aromatic rings. The summed E-state index contributed by atoms with van der Waals surface area (Å²) in [5.41, 5.74) is 7.15. The molecule has 0 saturated carbocycles. The summed E-state index contributed by atoms with van der Waals surface area (Å²) in [6, 6.07) is 0. The van der Waals surface area contributed by atoms with E-state index in [2.05, 4.69) is 23.4 Å². The average molecular weight is 253 g/mol. The molecule has 1 unspecified atom stereocenters. The summed E-state index contributed by atoms with van der Waals surface area (Å²) in [4.78, 5) is 4.27. The molecular weight excluding hydrogens is 226 g/mol. The topological polar surface area (TPSA) is 53.1 Å². The van der Waals surface area contributed by atoms with Crippen LogP contribution in [0.2, 0.25) is 0 Å². The lowest BCUT2D eigenvalue weighted by Gasteiger charge is -2.20. The molecule has 1 rings (SSSR count). The number of nitrogens with two attached hydrogens (primary N) is 1. The fourth-order valence-corrected chi connectivity index (χ4v) is 2.27. The van der Waals surface area contributed by atoms with Gasteiger partial charge in [-0.15, -0.1) is 0 Å². The van der Waals surface area contributed by atoms with Crippen LogP contribution in [-0.4, -0.2) is 29.8 Å². The van der Waals surface area contributed by atoms with Crippen LogP contribution in [0, 0.1) is 5.92 Å². The minimum absolute atomic E-state index is 0.409. The summed E-state index contributed by atoms with van der Waals surface area (Å²) in [6.07, 6.45) is 7.39. The monoisotopic (exact) mass is 253 g/mol. The van der Waals surface area contributed by atoms with Gasteiger partial charge in [0, 0.05) is 44.6 Å². The van der Waals surface area contributed by atoms with Crippen molar-refractivity contribution in [2.75, 3.05) is 20.3 Å². The molecule has 0 aliphatic rings. The first-order valence-electron chi connectivity index (χ1n) is 6.89. The number of nitrogens with zero attached hydrogens (tertiary/aromatic N) is 2. The number of methoxy groups -OCH3 is 1. The normalized spacial score (nSPS) is 13.2. The molecule has 1 atom stereocenters. The lowest BCUT2D eigenvalue weighted by molar-refractivity contribution is 0.191. The van der Waals surface area contributed by atoms with Crippen LogP contribution in [0.15, 0.2) is 12.5 Å². The Morgan fingerprint density at radius 1 is 1.33 bits per heavy atom. The number of unbranched alkanes of at least 4 members (excludes halogenated alkanes) is 2. The molecule has 18 heavy (non-hydrogen) atoms. The predicted octanol–water partition coefficient (Wildman–Crippen LogP) is 2.40. The van der Waals surface area contributed by atoms with Crippen molar-refractivity contribution in [2.24, 2.45) is 11.7 Å². The second kappa shape index (κ2) is 8.27. The SMILES string of the molecule is COCCCCCn1cncc1C(CN)C(C)C. The third-order valence-corrected chi connectivity index (χ3v) is 3.43. The standard InChI is InChI=1S/C14H27N3O/c1-12(2)13(9-15)14-10-16-11-17(14)7-5-4-6-8-18-3/h10-13H,4-9,15H2,1-3H3. The van der Waals surface area contributed by atoms with Gasteiger partial charge in [0.05, 0.1) is 6.33 Å². The van der Waals surface area contributed by atoms with Crippen LogP contribution in [-0.2, 0) is 11.3 Å². The highest BCUT2D eigenvalue weighted by atomic mass is 16.5. The summed E-state index contributed by atoms with van der Waals surface area (Å²) in [6.45, 7) is 7.00. The Morgan fingerprint density at radius 2 is 2.11 bits per heavy atom. The van der Waals surface area contributed by atoms with Crippen molar-refractivity contribution in [2.45, 2.75) is 45.6 Å². The molecule has 1 aromatic heterocycles. The molecule has 4 nitrogen and oxygen atoms in total. The number of rotatable bonds is 9. The first kappa shape index (κ1) is 15.2. The van der Waals surface area contributed by atoms with Crippen molar-refractivity contribution in [3.8, 4) is 0 Å². The van der Waals surface area contributed by atoms with Crippen LogP contribution in [0.5, 0.6) is 0 Å². The van der Waals surface area contributed by atoms with E-state index >= 15 is 0 Å². The summed E-state index contributed by atoms with van der Waals surface area (Å²) >= 11 is 0. The Balaban J connectivity index is 2.49. The molecule has 0 fully saturated rings. The molecule has 0 amide bonds.